The Morgan fingerprint density at radius 3 is 2.63 bits per heavy atom. The third-order valence-corrected chi connectivity index (χ3v) is 8.50. The number of carbonyl (C=O) groups excluding carboxylic acids is 1. The van der Waals surface area contributed by atoms with E-state index in [-0.39, 0.29) is 18.5 Å². The smallest absolute Gasteiger partial charge is 0.311 e. The lowest BCUT2D eigenvalue weighted by Crippen LogP contribution is -2.37. The van der Waals surface area contributed by atoms with Gasteiger partial charge in [0.25, 0.3) is 0 Å². The Bertz CT molecular complexity index is 647. The van der Waals surface area contributed by atoms with Gasteiger partial charge in [-0.15, -0.1) is 0 Å². The van der Waals surface area contributed by atoms with Crippen molar-refractivity contribution in [1.82, 2.24) is 0 Å². The maximum absolute atomic E-state index is 12.1. The SMILES string of the molecule is C=C(COC(=O)C(C)(C)C)[C@H](CC)[C@H](O)C[C@@H](C)[C@H]1CC[C@H]2C(=CBr)CCC[C@]12C. The van der Waals surface area contributed by atoms with Crippen LogP contribution in [0.1, 0.15) is 86.5 Å². The highest BCUT2D eigenvalue weighted by molar-refractivity contribution is 9.11. The van der Waals surface area contributed by atoms with E-state index in [1.165, 1.54) is 32.1 Å². The van der Waals surface area contributed by atoms with Gasteiger partial charge in [-0.2, -0.15) is 0 Å². The zero-order valence-electron chi connectivity index (χ0n) is 20.0. The van der Waals surface area contributed by atoms with Gasteiger partial charge in [0.2, 0.25) is 0 Å². The van der Waals surface area contributed by atoms with E-state index in [2.05, 4.69) is 48.3 Å². The predicted octanol–water partition coefficient (Wildman–Crippen LogP) is 7.04. The average Bonchev–Trinajstić information content (AvgIpc) is 3.02. The fourth-order valence-electron chi connectivity index (χ4n) is 6.17. The number of carbonyl (C=O) groups is 1. The van der Waals surface area contributed by atoms with Gasteiger partial charge in [0.05, 0.1) is 11.5 Å². The summed E-state index contributed by atoms with van der Waals surface area (Å²) in [5, 5.41) is 11.1. The highest BCUT2D eigenvalue weighted by Crippen LogP contribution is 2.60. The first-order valence-electron chi connectivity index (χ1n) is 11.8. The molecule has 2 fully saturated rings. The molecule has 0 radical (unpaired) electrons. The van der Waals surface area contributed by atoms with Crippen molar-refractivity contribution in [1.29, 1.82) is 0 Å². The summed E-state index contributed by atoms with van der Waals surface area (Å²) in [5.74, 6) is 1.53. The topological polar surface area (TPSA) is 46.5 Å². The van der Waals surface area contributed by atoms with Crippen LogP contribution < -0.4 is 0 Å². The van der Waals surface area contributed by atoms with Crippen LogP contribution in [0.15, 0.2) is 22.7 Å². The second kappa shape index (κ2) is 10.3. The van der Waals surface area contributed by atoms with E-state index in [0.29, 0.717) is 23.2 Å². The first kappa shape index (κ1) is 25.6. The third kappa shape index (κ3) is 5.59. The lowest BCUT2D eigenvalue weighted by Gasteiger charge is -2.44. The average molecular weight is 484 g/mol. The van der Waals surface area contributed by atoms with Gasteiger partial charge in [-0.3, -0.25) is 4.79 Å². The maximum Gasteiger partial charge on any atom is 0.311 e. The largest absolute Gasteiger partial charge is 0.461 e. The summed E-state index contributed by atoms with van der Waals surface area (Å²) in [5.41, 5.74) is 2.23. The number of aliphatic hydroxyl groups is 1. The van der Waals surface area contributed by atoms with E-state index in [0.717, 1.165) is 18.4 Å². The molecule has 2 saturated carbocycles. The van der Waals surface area contributed by atoms with Crippen molar-refractivity contribution in [3.05, 3.63) is 22.7 Å². The van der Waals surface area contributed by atoms with Crippen molar-refractivity contribution in [2.75, 3.05) is 6.61 Å². The molecule has 0 aromatic heterocycles. The fraction of sp³-hybridized carbons (Fsp3) is 0.808. The number of hydrogen-bond donors (Lipinski definition) is 1. The highest BCUT2D eigenvalue weighted by Gasteiger charge is 2.50. The lowest BCUT2D eigenvalue weighted by atomic mass is 9.61. The molecule has 0 spiro atoms. The van der Waals surface area contributed by atoms with Gasteiger partial charge in [-0.25, -0.2) is 0 Å². The Morgan fingerprint density at radius 1 is 1.40 bits per heavy atom. The molecule has 6 atom stereocenters. The molecule has 2 aliphatic rings. The van der Waals surface area contributed by atoms with Gasteiger partial charge in [0.1, 0.15) is 6.61 Å². The Hall–Kier alpha value is -0.610. The Labute approximate surface area is 192 Å². The molecule has 1 N–H and O–H groups in total. The second-order valence-electron chi connectivity index (χ2n) is 11.1. The molecule has 0 saturated heterocycles. The number of ether oxygens (including phenoxy) is 1. The molecule has 0 bridgehead atoms. The van der Waals surface area contributed by atoms with Crippen LogP contribution in [0.2, 0.25) is 0 Å². The molecule has 0 amide bonds. The predicted molar refractivity (Wildman–Crippen MR) is 128 cm³/mol. The Morgan fingerprint density at radius 2 is 2.07 bits per heavy atom. The maximum atomic E-state index is 12.1. The summed E-state index contributed by atoms with van der Waals surface area (Å²) in [4.78, 5) is 14.3. The number of fused-ring (bicyclic) bond motifs is 1. The molecule has 0 aromatic rings. The molecule has 4 heteroatoms. The fourth-order valence-corrected chi connectivity index (χ4v) is 6.72. The van der Waals surface area contributed by atoms with Crippen LogP contribution in [0.5, 0.6) is 0 Å². The van der Waals surface area contributed by atoms with Gasteiger partial charge in [-0.1, -0.05) is 48.9 Å². The van der Waals surface area contributed by atoms with Crippen LogP contribution in [0.3, 0.4) is 0 Å². The van der Waals surface area contributed by atoms with Gasteiger partial charge >= 0.3 is 5.97 Å². The third-order valence-electron chi connectivity index (χ3n) is 7.91. The second-order valence-corrected chi connectivity index (χ2v) is 11.5. The number of allylic oxidation sites excluding steroid dienone is 1. The highest BCUT2D eigenvalue weighted by atomic mass is 79.9. The summed E-state index contributed by atoms with van der Waals surface area (Å²) in [7, 11) is 0. The standard InChI is InChI=1S/C26H43BrO3/c1-8-20(18(3)16-30-24(29)25(4,5)6)23(28)14-17(2)21-11-12-22-19(15-27)10-9-13-26(21,22)7/h15,17,20-23,28H,3,8-14,16H2,1-2,4-7H3/t17-,20+,21-,22+,23-,26-/m1/s1. The van der Waals surface area contributed by atoms with Crippen LogP contribution in [0.25, 0.3) is 0 Å². The molecule has 0 aromatic carbocycles. The molecular formula is C26H43BrO3. The quantitative estimate of drug-likeness (QED) is 0.298. The van der Waals surface area contributed by atoms with Crippen molar-refractivity contribution in [2.45, 2.75) is 92.6 Å². The van der Waals surface area contributed by atoms with Gasteiger partial charge in [0.15, 0.2) is 0 Å². The van der Waals surface area contributed by atoms with Gasteiger partial charge in [0, 0.05) is 5.92 Å². The van der Waals surface area contributed by atoms with E-state index < -0.39 is 11.5 Å². The van der Waals surface area contributed by atoms with E-state index in [1.54, 1.807) is 5.57 Å². The number of aliphatic hydroxyl groups excluding tert-OH is 1. The van der Waals surface area contributed by atoms with Crippen molar-refractivity contribution < 1.29 is 14.6 Å². The van der Waals surface area contributed by atoms with Gasteiger partial charge in [-0.05, 0) is 99.4 Å². The molecule has 0 aliphatic heterocycles. The Balaban J connectivity index is 1.99. The molecule has 3 nitrogen and oxygen atoms in total. The van der Waals surface area contributed by atoms with Gasteiger partial charge < -0.3 is 9.84 Å². The number of esters is 1. The van der Waals surface area contributed by atoms with Crippen LogP contribution in [-0.4, -0.2) is 23.8 Å². The summed E-state index contributed by atoms with van der Waals surface area (Å²) in [6.07, 6.45) is 7.45. The lowest BCUT2D eigenvalue weighted by molar-refractivity contribution is -0.152. The van der Waals surface area contributed by atoms with E-state index in [4.69, 9.17) is 4.74 Å². The molecule has 0 heterocycles. The monoisotopic (exact) mass is 482 g/mol. The minimum Gasteiger partial charge on any atom is -0.461 e. The van der Waals surface area contributed by atoms with Crippen molar-refractivity contribution in [3.63, 3.8) is 0 Å². The first-order chi connectivity index (χ1) is 14.0. The minimum absolute atomic E-state index is 0.0328. The summed E-state index contributed by atoms with van der Waals surface area (Å²) >= 11 is 3.60. The summed E-state index contributed by atoms with van der Waals surface area (Å²) in [6.45, 7) is 16.8. The van der Waals surface area contributed by atoms with Crippen LogP contribution in [0.4, 0.5) is 0 Å². The number of hydrogen-bond acceptors (Lipinski definition) is 3. The molecule has 30 heavy (non-hydrogen) atoms. The van der Waals surface area contributed by atoms with E-state index in [9.17, 15) is 9.90 Å². The normalized spacial score (nSPS) is 31.1. The first-order valence-corrected chi connectivity index (χ1v) is 12.7. The Kier molecular flexibility index (Phi) is 8.84. The van der Waals surface area contributed by atoms with E-state index >= 15 is 0 Å². The molecule has 0 unspecified atom stereocenters. The zero-order valence-corrected chi connectivity index (χ0v) is 21.6. The van der Waals surface area contributed by atoms with Crippen molar-refractivity contribution in [3.8, 4) is 0 Å². The van der Waals surface area contributed by atoms with Crippen LogP contribution >= 0.6 is 15.9 Å². The molecular weight excluding hydrogens is 440 g/mol. The van der Waals surface area contributed by atoms with Crippen LogP contribution in [0, 0.1) is 34.5 Å². The van der Waals surface area contributed by atoms with Crippen molar-refractivity contribution in [2.24, 2.45) is 34.5 Å². The van der Waals surface area contributed by atoms with E-state index in [1.807, 2.05) is 20.8 Å². The molecule has 2 aliphatic carbocycles. The van der Waals surface area contributed by atoms with Crippen LogP contribution in [-0.2, 0) is 9.53 Å². The number of halogens is 1. The molecule has 2 rings (SSSR count). The molecule has 172 valence electrons. The summed E-state index contributed by atoms with van der Waals surface area (Å²) in [6, 6.07) is 0. The zero-order chi connectivity index (χ0) is 22.7. The minimum atomic E-state index is -0.522. The summed E-state index contributed by atoms with van der Waals surface area (Å²) < 4.78 is 5.46. The van der Waals surface area contributed by atoms with Crippen molar-refractivity contribution >= 4 is 21.9 Å². The number of rotatable bonds is 8.